The quantitative estimate of drug-likeness (QED) is 0.627. The van der Waals surface area contributed by atoms with E-state index in [1.165, 1.54) is 24.8 Å². The molecule has 0 radical (unpaired) electrons. The van der Waals surface area contributed by atoms with Crippen LogP contribution in [0.25, 0.3) is 0 Å². The third-order valence-corrected chi connectivity index (χ3v) is 3.98. The van der Waals surface area contributed by atoms with Gasteiger partial charge in [0.1, 0.15) is 11.6 Å². The number of amides is 1. The lowest BCUT2D eigenvalue weighted by molar-refractivity contribution is -0.117. The molecule has 1 aromatic rings. The highest BCUT2D eigenvalue weighted by atomic mass is 16.1. The summed E-state index contributed by atoms with van der Waals surface area (Å²) in [5.41, 5.74) is 1.32. The van der Waals surface area contributed by atoms with E-state index in [1.54, 1.807) is 6.20 Å². The zero-order valence-electron chi connectivity index (χ0n) is 12.8. The van der Waals surface area contributed by atoms with Gasteiger partial charge < -0.3 is 10.6 Å². The number of hydrogen-bond acceptors (Lipinski definition) is 3. The zero-order chi connectivity index (χ0) is 15.6. The third kappa shape index (κ3) is 5.25. The molecule has 116 valence electrons. The molecule has 2 N–H and O–H groups in total. The highest BCUT2D eigenvalue weighted by molar-refractivity contribution is 5.97. The first-order valence-corrected chi connectivity index (χ1v) is 7.98. The lowest BCUT2D eigenvalue weighted by atomic mass is 9.96. The highest BCUT2D eigenvalue weighted by Crippen LogP contribution is 2.17. The normalized spacial score (nSPS) is 15.9. The summed E-state index contributed by atoms with van der Waals surface area (Å²) in [6.07, 6.45) is 8.30. The predicted octanol–water partition coefficient (Wildman–Crippen LogP) is 2.68. The molecule has 0 saturated heterocycles. The van der Waals surface area contributed by atoms with Crippen LogP contribution in [-0.2, 0) is 11.2 Å². The minimum atomic E-state index is -0.304. The number of carbonyl (C=O) groups is 1. The van der Waals surface area contributed by atoms with Crippen LogP contribution in [0, 0.1) is 11.3 Å². The van der Waals surface area contributed by atoms with Gasteiger partial charge in [-0.15, -0.1) is 0 Å². The van der Waals surface area contributed by atoms with Gasteiger partial charge in [-0.05, 0) is 24.8 Å². The summed E-state index contributed by atoms with van der Waals surface area (Å²) in [7, 11) is 0. The number of hydrogen-bond donors (Lipinski definition) is 2. The molecule has 0 atom stereocenters. The van der Waals surface area contributed by atoms with Crippen LogP contribution in [-0.4, -0.2) is 18.5 Å². The van der Waals surface area contributed by atoms with E-state index in [9.17, 15) is 4.79 Å². The molecule has 4 nitrogen and oxygen atoms in total. The SMILES string of the molecule is N#C/C(=C/NC1CCCCC1)C(=O)NCCc1ccccc1. The average Bonchev–Trinajstić information content (AvgIpc) is 2.57. The lowest BCUT2D eigenvalue weighted by Gasteiger charge is -2.21. The summed E-state index contributed by atoms with van der Waals surface area (Å²) in [6, 6.07) is 12.3. The van der Waals surface area contributed by atoms with Crippen molar-refractivity contribution in [1.82, 2.24) is 10.6 Å². The maximum Gasteiger partial charge on any atom is 0.263 e. The van der Waals surface area contributed by atoms with E-state index in [0.717, 1.165) is 19.3 Å². The fourth-order valence-corrected chi connectivity index (χ4v) is 2.68. The van der Waals surface area contributed by atoms with Crippen LogP contribution in [0.1, 0.15) is 37.7 Å². The van der Waals surface area contributed by atoms with Crippen LogP contribution in [0.15, 0.2) is 42.1 Å². The van der Waals surface area contributed by atoms with Gasteiger partial charge in [0.15, 0.2) is 0 Å². The van der Waals surface area contributed by atoms with Gasteiger partial charge in [-0.2, -0.15) is 5.26 Å². The van der Waals surface area contributed by atoms with E-state index >= 15 is 0 Å². The van der Waals surface area contributed by atoms with Gasteiger partial charge in [-0.25, -0.2) is 0 Å². The number of nitrogens with one attached hydrogen (secondary N) is 2. The molecule has 22 heavy (non-hydrogen) atoms. The van der Waals surface area contributed by atoms with Crippen molar-refractivity contribution in [3.63, 3.8) is 0 Å². The van der Waals surface area contributed by atoms with Gasteiger partial charge in [-0.3, -0.25) is 4.79 Å². The third-order valence-electron chi connectivity index (χ3n) is 3.98. The molecule has 0 heterocycles. The molecule has 1 saturated carbocycles. The standard InChI is InChI=1S/C18H23N3O/c19-13-16(14-21-17-9-5-2-6-10-17)18(22)20-12-11-15-7-3-1-4-8-15/h1,3-4,7-8,14,17,21H,2,5-6,9-12H2,(H,20,22)/b16-14-. The van der Waals surface area contributed by atoms with Crippen LogP contribution >= 0.6 is 0 Å². The monoisotopic (exact) mass is 297 g/mol. The average molecular weight is 297 g/mol. The summed E-state index contributed by atoms with van der Waals surface area (Å²) in [6.45, 7) is 0.533. The van der Waals surface area contributed by atoms with Crippen molar-refractivity contribution in [3.8, 4) is 6.07 Å². The molecular weight excluding hydrogens is 274 g/mol. The maximum absolute atomic E-state index is 12.0. The summed E-state index contributed by atoms with van der Waals surface area (Å²) >= 11 is 0. The Balaban J connectivity index is 1.77. The Morgan fingerprint density at radius 1 is 1.23 bits per heavy atom. The number of rotatable bonds is 6. The number of benzene rings is 1. The first-order valence-electron chi connectivity index (χ1n) is 7.98. The molecule has 1 aliphatic rings. The van der Waals surface area contributed by atoms with Crippen molar-refractivity contribution in [2.75, 3.05) is 6.54 Å². The number of carbonyl (C=O) groups excluding carboxylic acids is 1. The fourth-order valence-electron chi connectivity index (χ4n) is 2.68. The molecule has 4 heteroatoms. The highest BCUT2D eigenvalue weighted by Gasteiger charge is 2.13. The van der Waals surface area contributed by atoms with Crippen molar-refractivity contribution in [1.29, 1.82) is 5.26 Å². The van der Waals surface area contributed by atoms with Crippen LogP contribution < -0.4 is 10.6 Å². The Morgan fingerprint density at radius 3 is 2.64 bits per heavy atom. The Morgan fingerprint density at radius 2 is 1.95 bits per heavy atom. The van der Waals surface area contributed by atoms with Gasteiger partial charge >= 0.3 is 0 Å². The predicted molar refractivity (Wildman–Crippen MR) is 86.9 cm³/mol. The minimum absolute atomic E-state index is 0.152. The first kappa shape index (κ1) is 16.1. The molecule has 1 fully saturated rings. The lowest BCUT2D eigenvalue weighted by Crippen LogP contribution is -2.30. The van der Waals surface area contributed by atoms with E-state index in [2.05, 4.69) is 10.6 Å². The molecule has 0 aliphatic heterocycles. The smallest absolute Gasteiger partial charge is 0.263 e. The molecule has 1 aliphatic carbocycles. The van der Waals surface area contributed by atoms with Crippen LogP contribution in [0.5, 0.6) is 0 Å². The molecule has 1 aromatic carbocycles. The summed E-state index contributed by atoms with van der Waals surface area (Å²) in [4.78, 5) is 12.0. The van der Waals surface area contributed by atoms with Crippen molar-refractivity contribution in [2.24, 2.45) is 0 Å². The molecule has 0 bridgehead atoms. The topological polar surface area (TPSA) is 64.9 Å². The van der Waals surface area contributed by atoms with Gasteiger partial charge in [0.05, 0.1) is 0 Å². The Labute approximate surface area is 132 Å². The Hall–Kier alpha value is -2.28. The van der Waals surface area contributed by atoms with Gasteiger partial charge in [0.25, 0.3) is 5.91 Å². The summed E-state index contributed by atoms with van der Waals surface area (Å²) in [5.74, 6) is -0.304. The first-order chi connectivity index (χ1) is 10.8. The van der Waals surface area contributed by atoms with Crippen LogP contribution in [0.3, 0.4) is 0 Å². The van der Waals surface area contributed by atoms with E-state index in [1.807, 2.05) is 36.4 Å². The van der Waals surface area contributed by atoms with E-state index in [0.29, 0.717) is 12.6 Å². The Bertz CT molecular complexity index is 539. The number of nitriles is 1. The van der Waals surface area contributed by atoms with Crippen molar-refractivity contribution < 1.29 is 4.79 Å². The van der Waals surface area contributed by atoms with Gasteiger partial charge in [0, 0.05) is 18.8 Å². The van der Waals surface area contributed by atoms with E-state index in [4.69, 9.17) is 5.26 Å². The second kappa shape index (κ2) is 8.89. The van der Waals surface area contributed by atoms with Crippen molar-refractivity contribution in [3.05, 3.63) is 47.7 Å². The van der Waals surface area contributed by atoms with Gasteiger partial charge in [-0.1, -0.05) is 49.6 Å². The molecule has 0 unspecified atom stereocenters. The fraction of sp³-hybridized carbons (Fsp3) is 0.444. The molecule has 0 aromatic heterocycles. The number of nitrogens with zero attached hydrogens (tertiary/aromatic N) is 1. The maximum atomic E-state index is 12.0. The largest absolute Gasteiger partial charge is 0.387 e. The zero-order valence-corrected chi connectivity index (χ0v) is 12.8. The second-order valence-corrected chi connectivity index (χ2v) is 5.66. The molecule has 1 amide bonds. The van der Waals surface area contributed by atoms with Crippen LogP contribution in [0.4, 0.5) is 0 Å². The van der Waals surface area contributed by atoms with E-state index < -0.39 is 0 Å². The second-order valence-electron chi connectivity index (χ2n) is 5.66. The summed E-state index contributed by atoms with van der Waals surface area (Å²) < 4.78 is 0. The Kier molecular flexibility index (Phi) is 6.50. The van der Waals surface area contributed by atoms with Crippen molar-refractivity contribution in [2.45, 2.75) is 44.6 Å². The van der Waals surface area contributed by atoms with Gasteiger partial charge in [0.2, 0.25) is 0 Å². The summed E-state index contributed by atoms with van der Waals surface area (Å²) in [5, 5.41) is 15.1. The minimum Gasteiger partial charge on any atom is -0.387 e. The molecule has 0 spiro atoms. The van der Waals surface area contributed by atoms with Crippen LogP contribution in [0.2, 0.25) is 0 Å². The molecular formula is C18H23N3O. The molecule has 2 rings (SSSR count). The van der Waals surface area contributed by atoms with Crippen molar-refractivity contribution >= 4 is 5.91 Å². The van der Waals surface area contributed by atoms with E-state index in [-0.39, 0.29) is 11.5 Å².